The van der Waals surface area contributed by atoms with E-state index in [0.29, 0.717) is 6.04 Å². The first-order valence-corrected chi connectivity index (χ1v) is 6.62. The number of halogens is 2. The van der Waals surface area contributed by atoms with E-state index in [1.165, 1.54) is 12.1 Å². The lowest BCUT2D eigenvalue weighted by Gasteiger charge is -2.35. The van der Waals surface area contributed by atoms with Gasteiger partial charge in [0.25, 0.3) is 0 Å². The minimum Gasteiger partial charge on any atom is -0.396 e. The van der Waals surface area contributed by atoms with Gasteiger partial charge >= 0.3 is 0 Å². The predicted octanol–water partition coefficient (Wildman–Crippen LogP) is 1.97. The first-order valence-electron chi connectivity index (χ1n) is 6.62. The molecule has 1 aliphatic rings. The van der Waals surface area contributed by atoms with Crippen molar-refractivity contribution in [3.63, 3.8) is 0 Å². The van der Waals surface area contributed by atoms with Crippen molar-refractivity contribution in [2.45, 2.75) is 18.9 Å². The molecule has 0 aromatic heterocycles. The number of aliphatic hydroxyl groups is 1. The second-order valence-corrected chi connectivity index (χ2v) is 4.72. The molecule has 1 heterocycles. The first-order chi connectivity index (χ1) is 8.81. The smallest absolute Gasteiger partial charge is 0.123 e. The lowest BCUT2D eigenvalue weighted by atomic mass is 9.99. The minimum absolute atomic E-state index is 0. The molecule has 1 aliphatic heterocycles. The Morgan fingerprint density at radius 1 is 1.21 bits per heavy atom. The maximum absolute atomic E-state index is 13.0. The van der Waals surface area contributed by atoms with E-state index in [0.717, 1.165) is 44.6 Å². The molecule has 0 aliphatic carbocycles. The molecule has 5 heteroatoms. The van der Waals surface area contributed by atoms with Crippen molar-refractivity contribution in [1.29, 1.82) is 0 Å². The third kappa shape index (κ3) is 4.73. The summed E-state index contributed by atoms with van der Waals surface area (Å²) in [6, 6.07) is 7.05. The topological polar surface area (TPSA) is 35.5 Å². The summed E-state index contributed by atoms with van der Waals surface area (Å²) >= 11 is 0. The van der Waals surface area contributed by atoms with Crippen LogP contribution in [0.5, 0.6) is 0 Å². The van der Waals surface area contributed by atoms with E-state index in [1.807, 2.05) is 12.1 Å². The van der Waals surface area contributed by atoms with Crippen LogP contribution in [0.25, 0.3) is 0 Å². The van der Waals surface area contributed by atoms with E-state index in [1.54, 1.807) is 0 Å². The summed E-state index contributed by atoms with van der Waals surface area (Å²) in [5, 5.41) is 12.3. The maximum atomic E-state index is 13.0. The van der Waals surface area contributed by atoms with Crippen LogP contribution in [0.1, 0.15) is 24.4 Å². The SMILES string of the molecule is Cl.OCCC[C@@H](c1ccc(F)cc1)N1CCNCC1. The zero-order valence-corrected chi connectivity index (χ0v) is 11.8. The Morgan fingerprint density at radius 2 is 1.84 bits per heavy atom. The van der Waals surface area contributed by atoms with Gasteiger partial charge in [0.05, 0.1) is 0 Å². The third-order valence-corrected chi connectivity index (χ3v) is 3.48. The summed E-state index contributed by atoms with van der Waals surface area (Å²) in [6.07, 6.45) is 1.70. The Hall–Kier alpha value is -0.680. The molecule has 2 rings (SSSR count). The number of nitrogens with zero attached hydrogens (tertiary/aromatic N) is 1. The van der Waals surface area contributed by atoms with Gasteiger partial charge in [-0.05, 0) is 30.5 Å². The molecule has 108 valence electrons. The molecule has 0 saturated carbocycles. The highest BCUT2D eigenvalue weighted by molar-refractivity contribution is 5.85. The van der Waals surface area contributed by atoms with E-state index < -0.39 is 0 Å². The number of rotatable bonds is 5. The van der Waals surface area contributed by atoms with Gasteiger partial charge in [-0.1, -0.05) is 12.1 Å². The van der Waals surface area contributed by atoms with Gasteiger partial charge in [-0.2, -0.15) is 0 Å². The number of hydrogen-bond acceptors (Lipinski definition) is 3. The fraction of sp³-hybridized carbons (Fsp3) is 0.571. The standard InChI is InChI=1S/C14H21FN2O.ClH/c15-13-5-3-12(4-6-13)14(2-1-11-18)17-9-7-16-8-10-17;/h3-6,14,16,18H,1-2,7-11H2;1H/t14-;/m0./s1. The Balaban J connectivity index is 0.00000180. The van der Waals surface area contributed by atoms with Gasteiger partial charge in [-0.25, -0.2) is 4.39 Å². The quantitative estimate of drug-likeness (QED) is 0.869. The molecule has 0 bridgehead atoms. The zero-order valence-electron chi connectivity index (χ0n) is 11.0. The molecule has 0 amide bonds. The zero-order chi connectivity index (χ0) is 12.8. The van der Waals surface area contributed by atoms with Gasteiger partial charge in [0.1, 0.15) is 5.82 Å². The normalized spacial score (nSPS) is 17.8. The number of benzene rings is 1. The Kier molecular flexibility index (Phi) is 7.31. The number of nitrogens with one attached hydrogen (secondary N) is 1. The summed E-state index contributed by atoms with van der Waals surface area (Å²) in [7, 11) is 0. The molecule has 1 fully saturated rings. The van der Waals surface area contributed by atoms with Crippen LogP contribution < -0.4 is 5.32 Å². The lowest BCUT2D eigenvalue weighted by Crippen LogP contribution is -2.45. The van der Waals surface area contributed by atoms with Crippen molar-refractivity contribution in [3.05, 3.63) is 35.6 Å². The molecule has 3 nitrogen and oxygen atoms in total. The highest BCUT2D eigenvalue weighted by atomic mass is 35.5. The molecule has 0 radical (unpaired) electrons. The fourth-order valence-corrected chi connectivity index (χ4v) is 2.52. The van der Waals surface area contributed by atoms with Gasteiger partial charge in [-0.3, -0.25) is 4.90 Å². The second kappa shape index (κ2) is 8.48. The van der Waals surface area contributed by atoms with Crippen molar-refractivity contribution < 1.29 is 9.50 Å². The average molecular weight is 289 g/mol. The van der Waals surface area contributed by atoms with Crippen molar-refractivity contribution in [2.75, 3.05) is 32.8 Å². The van der Waals surface area contributed by atoms with Gasteiger partial charge < -0.3 is 10.4 Å². The largest absolute Gasteiger partial charge is 0.396 e. The molecule has 19 heavy (non-hydrogen) atoms. The molecule has 1 aromatic carbocycles. The minimum atomic E-state index is -0.194. The maximum Gasteiger partial charge on any atom is 0.123 e. The summed E-state index contributed by atoms with van der Waals surface area (Å²) in [5.74, 6) is -0.194. The monoisotopic (exact) mass is 288 g/mol. The van der Waals surface area contributed by atoms with E-state index in [9.17, 15) is 4.39 Å². The van der Waals surface area contributed by atoms with Crippen LogP contribution in [0.4, 0.5) is 4.39 Å². The van der Waals surface area contributed by atoms with Gasteiger partial charge in [0.15, 0.2) is 0 Å². The molecule has 2 N–H and O–H groups in total. The lowest BCUT2D eigenvalue weighted by molar-refractivity contribution is 0.154. The van der Waals surface area contributed by atoms with E-state index in [4.69, 9.17) is 5.11 Å². The Bertz CT molecular complexity index is 355. The molecule has 0 spiro atoms. The predicted molar refractivity (Wildman–Crippen MR) is 77.2 cm³/mol. The molecule has 0 unspecified atom stereocenters. The average Bonchev–Trinajstić information content (AvgIpc) is 2.42. The number of piperazine rings is 1. The highest BCUT2D eigenvalue weighted by Crippen LogP contribution is 2.26. The molecular formula is C14H22ClFN2O. The van der Waals surface area contributed by atoms with Gasteiger partial charge in [0, 0.05) is 38.8 Å². The van der Waals surface area contributed by atoms with Crippen molar-refractivity contribution in [3.8, 4) is 0 Å². The highest BCUT2D eigenvalue weighted by Gasteiger charge is 2.21. The van der Waals surface area contributed by atoms with Crippen LogP contribution in [0.15, 0.2) is 24.3 Å². The van der Waals surface area contributed by atoms with E-state index >= 15 is 0 Å². The third-order valence-electron chi connectivity index (χ3n) is 3.48. The molecule has 1 aromatic rings. The van der Waals surface area contributed by atoms with Gasteiger partial charge in [0.2, 0.25) is 0 Å². The second-order valence-electron chi connectivity index (χ2n) is 4.72. The van der Waals surface area contributed by atoms with Crippen molar-refractivity contribution in [1.82, 2.24) is 10.2 Å². The van der Waals surface area contributed by atoms with E-state index in [2.05, 4.69) is 10.2 Å². The molecule has 1 atom stereocenters. The van der Waals surface area contributed by atoms with Crippen LogP contribution in [-0.2, 0) is 0 Å². The van der Waals surface area contributed by atoms with Crippen LogP contribution in [-0.4, -0.2) is 42.8 Å². The van der Waals surface area contributed by atoms with Crippen molar-refractivity contribution >= 4 is 12.4 Å². The number of hydrogen-bond donors (Lipinski definition) is 2. The first kappa shape index (κ1) is 16.4. The Morgan fingerprint density at radius 3 is 2.42 bits per heavy atom. The summed E-state index contributed by atoms with van der Waals surface area (Å²) in [6.45, 7) is 4.22. The van der Waals surface area contributed by atoms with E-state index in [-0.39, 0.29) is 24.8 Å². The summed E-state index contributed by atoms with van der Waals surface area (Å²) in [5.41, 5.74) is 1.15. The van der Waals surface area contributed by atoms with Crippen LogP contribution >= 0.6 is 12.4 Å². The van der Waals surface area contributed by atoms with Crippen LogP contribution in [0, 0.1) is 5.82 Å². The summed E-state index contributed by atoms with van der Waals surface area (Å²) in [4.78, 5) is 2.42. The van der Waals surface area contributed by atoms with Crippen molar-refractivity contribution in [2.24, 2.45) is 0 Å². The van der Waals surface area contributed by atoms with Gasteiger partial charge in [-0.15, -0.1) is 12.4 Å². The van der Waals surface area contributed by atoms with Crippen LogP contribution in [0.3, 0.4) is 0 Å². The summed E-state index contributed by atoms with van der Waals surface area (Å²) < 4.78 is 13.0. The fourth-order valence-electron chi connectivity index (χ4n) is 2.52. The molecule has 1 saturated heterocycles. The molecular weight excluding hydrogens is 267 g/mol. The number of aliphatic hydroxyl groups excluding tert-OH is 1. The van der Waals surface area contributed by atoms with Crippen LogP contribution in [0.2, 0.25) is 0 Å². The Labute approximate surface area is 120 Å².